The highest BCUT2D eigenvalue weighted by Gasteiger charge is 2.49. The van der Waals surface area contributed by atoms with E-state index >= 15 is 0 Å². The van der Waals surface area contributed by atoms with Crippen molar-refractivity contribution >= 4 is 0 Å². The van der Waals surface area contributed by atoms with Crippen LogP contribution < -0.4 is 4.74 Å². The monoisotopic (exact) mass is 304 g/mol. The van der Waals surface area contributed by atoms with Crippen molar-refractivity contribution in [2.45, 2.75) is 64.1 Å². The summed E-state index contributed by atoms with van der Waals surface area (Å²) in [6.45, 7) is 9.02. The number of aryl methyl sites for hydroxylation is 1. The van der Waals surface area contributed by atoms with Gasteiger partial charge in [0.25, 0.3) is 0 Å². The Hall–Kier alpha value is -1.13. The van der Waals surface area contributed by atoms with Gasteiger partial charge >= 0.3 is 0 Å². The second-order valence-corrected chi connectivity index (χ2v) is 7.00. The van der Waals surface area contributed by atoms with Crippen LogP contribution in [0.15, 0.2) is 18.2 Å². The third-order valence-electron chi connectivity index (χ3n) is 5.01. The molecule has 3 rings (SSSR count). The highest BCUT2D eigenvalue weighted by Crippen LogP contribution is 2.42. The van der Waals surface area contributed by atoms with Crippen molar-refractivity contribution in [1.82, 2.24) is 9.88 Å². The van der Waals surface area contributed by atoms with Crippen molar-refractivity contribution in [2.24, 2.45) is 0 Å². The predicted octanol–water partition coefficient (Wildman–Crippen LogP) is 3.19. The molecule has 2 saturated heterocycles. The van der Waals surface area contributed by atoms with E-state index in [1.807, 2.05) is 25.1 Å². The van der Waals surface area contributed by atoms with Gasteiger partial charge in [-0.2, -0.15) is 0 Å². The van der Waals surface area contributed by atoms with Crippen LogP contribution in [0.1, 0.15) is 45.2 Å². The molecule has 122 valence electrons. The molecule has 0 spiro atoms. The molecule has 0 aromatic carbocycles. The molecule has 0 radical (unpaired) electrons. The Morgan fingerprint density at radius 3 is 3.00 bits per heavy atom. The minimum atomic E-state index is 0.262. The highest BCUT2D eigenvalue weighted by atomic mass is 16.5. The predicted molar refractivity (Wildman–Crippen MR) is 87.3 cm³/mol. The molecule has 0 saturated carbocycles. The van der Waals surface area contributed by atoms with Crippen LogP contribution in [0.5, 0.6) is 5.88 Å². The number of ether oxygens (including phenoxy) is 2. The Bertz CT molecular complexity index is 506. The standard InChI is InChI=1S/C18H28N2O2/c1-14(2)22-13-18-9-5-11-20(18)16(8-10-18)12-21-17-7-4-6-15(3)19-17/h4,6-7,14,16H,5,8-13H2,1-3H3/t16-,18-/m0/s1. The lowest BCUT2D eigenvalue weighted by molar-refractivity contribution is -0.00911. The van der Waals surface area contributed by atoms with Gasteiger partial charge in [0.2, 0.25) is 5.88 Å². The van der Waals surface area contributed by atoms with Gasteiger partial charge in [-0.25, -0.2) is 4.98 Å². The molecular formula is C18H28N2O2. The molecule has 2 fully saturated rings. The summed E-state index contributed by atoms with van der Waals surface area (Å²) < 4.78 is 11.9. The van der Waals surface area contributed by atoms with Crippen molar-refractivity contribution < 1.29 is 9.47 Å². The van der Waals surface area contributed by atoms with Crippen LogP contribution in [-0.4, -0.2) is 47.3 Å². The first-order valence-corrected chi connectivity index (χ1v) is 8.54. The zero-order chi connectivity index (χ0) is 15.6. The first-order valence-electron chi connectivity index (χ1n) is 8.54. The van der Waals surface area contributed by atoms with Gasteiger partial charge in [-0.05, 0) is 59.1 Å². The second kappa shape index (κ2) is 6.55. The number of fused-ring (bicyclic) bond motifs is 1. The summed E-state index contributed by atoms with van der Waals surface area (Å²) >= 11 is 0. The van der Waals surface area contributed by atoms with Gasteiger partial charge in [0.15, 0.2) is 0 Å². The summed E-state index contributed by atoms with van der Waals surface area (Å²) in [6.07, 6.45) is 5.28. The topological polar surface area (TPSA) is 34.6 Å². The van der Waals surface area contributed by atoms with Crippen molar-refractivity contribution in [3.05, 3.63) is 23.9 Å². The zero-order valence-electron chi connectivity index (χ0n) is 14.0. The lowest BCUT2D eigenvalue weighted by Crippen LogP contribution is -2.47. The van der Waals surface area contributed by atoms with E-state index in [9.17, 15) is 0 Å². The fraction of sp³-hybridized carbons (Fsp3) is 0.722. The van der Waals surface area contributed by atoms with Gasteiger partial charge in [-0.15, -0.1) is 0 Å². The first-order chi connectivity index (χ1) is 10.6. The molecule has 4 heteroatoms. The van der Waals surface area contributed by atoms with E-state index in [4.69, 9.17) is 9.47 Å². The maximum absolute atomic E-state index is 5.96. The molecule has 2 aliphatic heterocycles. The van der Waals surface area contributed by atoms with Crippen molar-refractivity contribution in [2.75, 3.05) is 19.8 Å². The maximum Gasteiger partial charge on any atom is 0.213 e. The summed E-state index contributed by atoms with van der Waals surface area (Å²) in [7, 11) is 0. The van der Waals surface area contributed by atoms with Crippen LogP contribution in [0.4, 0.5) is 0 Å². The molecule has 0 bridgehead atoms. The average Bonchev–Trinajstić information content (AvgIpc) is 3.02. The van der Waals surface area contributed by atoms with E-state index in [-0.39, 0.29) is 5.54 Å². The molecule has 4 nitrogen and oxygen atoms in total. The number of pyridine rings is 1. The van der Waals surface area contributed by atoms with Crippen LogP contribution in [0, 0.1) is 6.92 Å². The van der Waals surface area contributed by atoms with E-state index in [1.54, 1.807) is 0 Å². The van der Waals surface area contributed by atoms with Crippen LogP contribution in [0.25, 0.3) is 0 Å². The Kier molecular flexibility index (Phi) is 4.69. The molecule has 2 aliphatic rings. The lowest BCUT2D eigenvalue weighted by Gasteiger charge is -2.35. The van der Waals surface area contributed by atoms with Crippen molar-refractivity contribution in [3.63, 3.8) is 0 Å². The van der Waals surface area contributed by atoms with E-state index in [1.165, 1.54) is 32.2 Å². The van der Waals surface area contributed by atoms with E-state index in [0.717, 1.165) is 24.8 Å². The summed E-state index contributed by atoms with van der Waals surface area (Å²) in [5, 5.41) is 0. The number of rotatable bonds is 6. The first kappa shape index (κ1) is 15.8. The molecule has 0 amide bonds. The number of hydrogen-bond donors (Lipinski definition) is 0. The van der Waals surface area contributed by atoms with Gasteiger partial charge in [0.05, 0.1) is 12.7 Å². The minimum absolute atomic E-state index is 0.262. The maximum atomic E-state index is 5.96. The van der Waals surface area contributed by atoms with Crippen LogP contribution in [-0.2, 0) is 4.74 Å². The van der Waals surface area contributed by atoms with Gasteiger partial charge < -0.3 is 9.47 Å². The minimum Gasteiger partial charge on any atom is -0.476 e. The molecular weight excluding hydrogens is 276 g/mol. The average molecular weight is 304 g/mol. The number of hydrogen-bond acceptors (Lipinski definition) is 4. The summed E-state index contributed by atoms with van der Waals surface area (Å²) in [6, 6.07) is 6.45. The molecule has 1 aromatic rings. The fourth-order valence-corrected chi connectivity index (χ4v) is 3.89. The Morgan fingerprint density at radius 1 is 1.36 bits per heavy atom. The van der Waals surface area contributed by atoms with E-state index < -0.39 is 0 Å². The fourth-order valence-electron chi connectivity index (χ4n) is 3.89. The van der Waals surface area contributed by atoms with E-state index in [2.05, 4.69) is 23.7 Å². The van der Waals surface area contributed by atoms with Gasteiger partial charge in [-0.1, -0.05) is 6.07 Å². The summed E-state index contributed by atoms with van der Waals surface area (Å²) in [5.41, 5.74) is 1.27. The van der Waals surface area contributed by atoms with E-state index in [0.29, 0.717) is 12.1 Å². The largest absolute Gasteiger partial charge is 0.476 e. The SMILES string of the molecule is Cc1cccc(OC[C@@H]2CC[C@]3(COC(C)C)CCCN23)n1. The molecule has 0 unspecified atom stereocenters. The third kappa shape index (κ3) is 3.28. The van der Waals surface area contributed by atoms with Gasteiger partial charge in [0, 0.05) is 23.3 Å². The third-order valence-corrected chi connectivity index (χ3v) is 5.01. The quantitative estimate of drug-likeness (QED) is 0.808. The molecule has 22 heavy (non-hydrogen) atoms. The smallest absolute Gasteiger partial charge is 0.213 e. The van der Waals surface area contributed by atoms with Crippen LogP contribution >= 0.6 is 0 Å². The molecule has 2 atom stereocenters. The highest BCUT2D eigenvalue weighted by molar-refractivity contribution is 5.15. The molecule has 1 aromatic heterocycles. The van der Waals surface area contributed by atoms with Crippen LogP contribution in [0.3, 0.4) is 0 Å². The second-order valence-electron chi connectivity index (χ2n) is 7.00. The van der Waals surface area contributed by atoms with Crippen LogP contribution in [0.2, 0.25) is 0 Å². The summed E-state index contributed by atoms with van der Waals surface area (Å²) in [5.74, 6) is 0.745. The Morgan fingerprint density at radius 2 is 2.23 bits per heavy atom. The molecule has 0 N–H and O–H groups in total. The normalized spacial score (nSPS) is 28.3. The molecule has 0 aliphatic carbocycles. The Labute approximate surface area is 133 Å². The van der Waals surface area contributed by atoms with Crippen molar-refractivity contribution in [3.8, 4) is 5.88 Å². The lowest BCUT2D eigenvalue weighted by atomic mass is 9.95. The number of nitrogens with zero attached hydrogens (tertiary/aromatic N) is 2. The Balaban J connectivity index is 1.59. The summed E-state index contributed by atoms with van der Waals surface area (Å²) in [4.78, 5) is 7.08. The van der Waals surface area contributed by atoms with Crippen molar-refractivity contribution in [1.29, 1.82) is 0 Å². The van der Waals surface area contributed by atoms with Gasteiger partial charge in [-0.3, -0.25) is 4.90 Å². The van der Waals surface area contributed by atoms with Gasteiger partial charge in [0.1, 0.15) is 6.61 Å². The molecule has 3 heterocycles. The zero-order valence-corrected chi connectivity index (χ0v) is 14.0. The number of aromatic nitrogens is 1.